The molecule has 3 heterocycles. The fourth-order valence-corrected chi connectivity index (χ4v) is 4.69. The number of carbonyl (C=O) groups is 1. The summed E-state index contributed by atoms with van der Waals surface area (Å²) >= 11 is 1.27. The average Bonchev–Trinajstić information content (AvgIpc) is 3.25. The number of aromatic nitrogens is 3. The van der Waals surface area contributed by atoms with E-state index in [0.717, 1.165) is 5.56 Å². The molecule has 0 spiro atoms. The molecule has 0 bridgehead atoms. The first-order chi connectivity index (χ1) is 16.0. The van der Waals surface area contributed by atoms with E-state index in [1.807, 2.05) is 0 Å². The van der Waals surface area contributed by atoms with Gasteiger partial charge >= 0.3 is 0 Å². The Bertz CT molecular complexity index is 1360. The Morgan fingerprint density at radius 3 is 2.24 bits per heavy atom. The van der Waals surface area contributed by atoms with Gasteiger partial charge in [-0.1, -0.05) is 11.3 Å². The summed E-state index contributed by atoms with van der Waals surface area (Å²) in [6.45, 7) is 2.82. The summed E-state index contributed by atoms with van der Waals surface area (Å²) in [6.07, 6.45) is 0. The van der Waals surface area contributed by atoms with Crippen LogP contribution in [-0.4, -0.2) is 56.5 Å². The summed E-state index contributed by atoms with van der Waals surface area (Å²) < 4.78 is 27.5. The van der Waals surface area contributed by atoms with E-state index >= 15 is 0 Å². The predicted molar refractivity (Wildman–Crippen MR) is 120 cm³/mol. The molecule has 1 aliphatic heterocycles. The lowest BCUT2D eigenvalue weighted by atomic mass is 10.1. The summed E-state index contributed by atoms with van der Waals surface area (Å²) in [5, 5.41) is 4.91. The molecule has 1 fully saturated rings. The van der Waals surface area contributed by atoms with E-state index in [1.54, 1.807) is 17.0 Å². The van der Waals surface area contributed by atoms with Crippen molar-refractivity contribution in [1.82, 2.24) is 24.4 Å². The molecule has 0 saturated carbocycles. The fraction of sp³-hybridized carbons (Fsp3) is 0.217. The smallest absolute Gasteiger partial charge is 0.275 e. The van der Waals surface area contributed by atoms with Crippen molar-refractivity contribution in [2.45, 2.75) is 6.54 Å². The third-order valence-electron chi connectivity index (χ3n) is 5.53. The molecular formula is C23H19F2N5O2S. The number of carbonyl (C=O) groups excluding carboxylic acids is 1. The van der Waals surface area contributed by atoms with Crippen molar-refractivity contribution >= 4 is 22.2 Å². The zero-order valence-electron chi connectivity index (χ0n) is 17.4. The maximum Gasteiger partial charge on any atom is 0.275 e. The molecule has 0 radical (unpaired) electrons. The van der Waals surface area contributed by atoms with Crippen molar-refractivity contribution < 1.29 is 13.6 Å². The Balaban J connectivity index is 1.27. The monoisotopic (exact) mass is 467 g/mol. The molecule has 0 atom stereocenters. The number of nitrogens with zero attached hydrogens (tertiary/aromatic N) is 5. The van der Waals surface area contributed by atoms with Crippen LogP contribution in [0.5, 0.6) is 0 Å². The fourth-order valence-electron chi connectivity index (χ4n) is 3.76. The Hall–Kier alpha value is -3.50. The summed E-state index contributed by atoms with van der Waals surface area (Å²) in [4.78, 5) is 34.1. The highest BCUT2D eigenvalue weighted by atomic mass is 32.1. The molecule has 33 heavy (non-hydrogen) atoms. The number of fused-ring (bicyclic) bond motifs is 1. The van der Waals surface area contributed by atoms with E-state index in [0.29, 0.717) is 53.9 Å². The van der Waals surface area contributed by atoms with E-state index in [4.69, 9.17) is 0 Å². The lowest BCUT2D eigenvalue weighted by Gasteiger charge is -2.34. The Morgan fingerprint density at radius 1 is 0.939 bits per heavy atom. The van der Waals surface area contributed by atoms with Gasteiger partial charge < -0.3 is 4.90 Å². The molecule has 0 N–H and O–H groups in total. The second-order valence-electron chi connectivity index (χ2n) is 7.77. The van der Waals surface area contributed by atoms with Gasteiger partial charge in [-0.25, -0.2) is 13.8 Å². The maximum absolute atomic E-state index is 13.2. The van der Waals surface area contributed by atoms with Crippen LogP contribution in [0.15, 0.2) is 59.4 Å². The maximum atomic E-state index is 13.2. The van der Waals surface area contributed by atoms with Gasteiger partial charge in [0.05, 0.1) is 5.69 Å². The molecule has 5 rings (SSSR count). The summed E-state index contributed by atoms with van der Waals surface area (Å²) in [5.41, 5.74) is 1.54. The molecular weight excluding hydrogens is 448 g/mol. The second kappa shape index (κ2) is 8.80. The van der Waals surface area contributed by atoms with Crippen LogP contribution in [0.3, 0.4) is 0 Å². The number of rotatable bonds is 4. The minimum Gasteiger partial charge on any atom is -0.336 e. The average molecular weight is 468 g/mol. The zero-order valence-corrected chi connectivity index (χ0v) is 18.3. The molecule has 0 unspecified atom stereocenters. The van der Waals surface area contributed by atoms with Gasteiger partial charge in [-0.3, -0.25) is 14.5 Å². The molecule has 1 saturated heterocycles. The van der Waals surface area contributed by atoms with Gasteiger partial charge in [0, 0.05) is 49.9 Å². The van der Waals surface area contributed by atoms with Gasteiger partial charge in [0.15, 0.2) is 0 Å². The lowest BCUT2D eigenvalue weighted by molar-refractivity contribution is 0.0627. The van der Waals surface area contributed by atoms with Gasteiger partial charge in [-0.05, 0) is 48.5 Å². The largest absolute Gasteiger partial charge is 0.336 e. The number of benzene rings is 2. The van der Waals surface area contributed by atoms with Crippen molar-refractivity contribution in [3.05, 3.63) is 87.8 Å². The van der Waals surface area contributed by atoms with E-state index in [2.05, 4.69) is 15.0 Å². The van der Waals surface area contributed by atoms with Crippen molar-refractivity contribution in [1.29, 1.82) is 0 Å². The zero-order chi connectivity index (χ0) is 22.9. The highest BCUT2D eigenvalue weighted by Gasteiger charge is 2.23. The first kappa shape index (κ1) is 21.4. The van der Waals surface area contributed by atoms with Crippen LogP contribution >= 0.6 is 11.3 Å². The molecule has 1 aliphatic rings. The molecule has 10 heteroatoms. The Labute approximate surface area is 191 Å². The predicted octanol–water partition coefficient (Wildman–Crippen LogP) is 3.05. The van der Waals surface area contributed by atoms with Gasteiger partial charge in [-0.2, -0.15) is 9.61 Å². The minimum absolute atomic E-state index is 0.120. The van der Waals surface area contributed by atoms with Crippen molar-refractivity contribution in [3.63, 3.8) is 0 Å². The Morgan fingerprint density at radius 2 is 1.58 bits per heavy atom. The summed E-state index contributed by atoms with van der Waals surface area (Å²) in [5.74, 6) is -0.829. The lowest BCUT2D eigenvalue weighted by Crippen LogP contribution is -2.48. The number of hydrogen-bond donors (Lipinski definition) is 0. The first-order valence-electron chi connectivity index (χ1n) is 10.4. The van der Waals surface area contributed by atoms with Gasteiger partial charge in [0.2, 0.25) is 4.96 Å². The van der Waals surface area contributed by atoms with Crippen LogP contribution in [0, 0.1) is 11.6 Å². The number of halogens is 2. The summed E-state index contributed by atoms with van der Waals surface area (Å²) in [6, 6.07) is 13.0. The highest BCUT2D eigenvalue weighted by molar-refractivity contribution is 7.19. The van der Waals surface area contributed by atoms with Gasteiger partial charge in [0.25, 0.3) is 11.5 Å². The van der Waals surface area contributed by atoms with Crippen LogP contribution in [0.2, 0.25) is 0 Å². The van der Waals surface area contributed by atoms with E-state index < -0.39 is 0 Å². The van der Waals surface area contributed by atoms with Gasteiger partial charge in [-0.15, -0.1) is 0 Å². The summed E-state index contributed by atoms with van der Waals surface area (Å²) in [7, 11) is 0. The first-order valence-corrected chi connectivity index (χ1v) is 11.2. The highest BCUT2D eigenvalue weighted by Crippen LogP contribution is 2.24. The molecule has 168 valence electrons. The molecule has 0 aliphatic carbocycles. The number of amides is 1. The van der Waals surface area contributed by atoms with Crippen LogP contribution in [-0.2, 0) is 6.54 Å². The van der Waals surface area contributed by atoms with E-state index in [1.165, 1.54) is 58.3 Å². The van der Waals surface area contributed by atoms with E-state index in [-0.39, 0.29) is 23.1 Å². The quantitative estimate of drug-likeness (QED) is 0.462. The minimum atomic E-state index is -0.373. The van der Waals surface area contributed by atoms with Crippen molar-refractivity contribution in [2.75, 3.05) is 26.2 Å². The molecule has 1 amide bonds. The van der Waals surface area contributed by atoms with Crippen LogP contribution in [0.1, 0.15) is 16.1 Å². The van der Waals surface area contributed by atoms with Crippen LogP contribution in [0.4, 0.5) is 8.78 Å². The van der Waals surface area contributed by atoms with Gasteiger partial charge in [0.1, 0.15) is 16.6 Å². The van der Waals surface area contributed by atoms with Crippen molar-refractivity contribution in [3.8, 4) is 10.6 Å². The standard InChI is InChI=1S/C23H19F2N5O2S/c24-17-5-1-15(2-6-17)21-27-30-20(31)13-19(26-23(30)33-21)14-28-9-11-29(12-10-28)22(32)16-3-7-18(25)8-4-16/h1-8,13H,9-12,14H2. The topological polar surface area (TPSA) is 70.8 Å². The van der Waals surface area contributed by atoms with Crippen molar-refractivity contribution in [2.24, 2.45) is 0 Å². The molecule has 2 aromatic carbocycles. The molecule has 7 nitrogen and oxygen atoms in total. The molecule has 2 aromatic heterocycles. The SMILES string of the molecule is O=C(c1ccc(F)cc1)N1CCN(Cc2cc(=O)n3nc(-c4ccc(F)cc4)sc3n2)CC1. The third-order valence-corrected chi connectivity index (χ3v) is 6.48. The number of piperazine rings is 1. The van der Waals surface area contributed by atoms with Crippen LogP contribution in [0.25, 0.3) is 15.5 Å². The molecule has 4 aromatic rings. The van der Waals surface area contributed by atoms with E-state index in [9.17, 15) is 18.4 Å². The van der Waals surface area contributed by atoms with Crippen LogP contribution < -0.4 is 5.56 Å². The second-order valence-corrected chi connectivity index (χ2v) is 8.73. The Kier molecular flexibility index (Phi) is 5.69. The normalized spacial score (nSPS) is 14.7. The third kappa shape index (κ3) is 4.53. The number of hydrogen-bond acceptors (Lipinski definition) is 6.